The number of likely N-dealkylation sites (tertiary alicyclic amines) is 2. The molecule has 0 unspecified atom stereocenters. The Balaban J connectivity index is 1.34. The highest BCUT2D eigenvalue weighted by Crippen LogP contribution is 2.41. The van der Waals surface area contributed by atoms with E-state index in [0.717, 1.165) is 39.1 Å². The standard InChI is InChI=1S/C20H24N4O/c25-19(18-4-2-9-22-14-18)24-12-7-20(16-24)5-10-23(11-6-20)15-17-3-1-8-21-13-17/h1-4,8-9,13-14H,5-7,10-12,15-16H2. The molecule has 2 aromatic heterocycles. The molecule has 2 fully saturated rings. The lowest BCUT2D eigenvalue weighted by Crippen LogP contribution is -2.42. The van der Waals surface area contributed by atoms with Gasteiger partial charge in [-0.1, -0.05) is 6.07 Å². The molecule has 130 valence electrons. The Kier molecular flexibility index (Phi) is 4.49. The van der Waals surface area contributed by atoms with Crippen molar-refractivity contribution in [3.05, 3.63) is 60.2 Å². The van der Waals surface area contributed by atoms with E-state index >= 15 is 0 Å². The number of rotatable bonds is 3. The number of carbonyl (C=O) groups is 1. The molecule has 0 saturated carbocycles. The molecule has 0 aliphatic carbocycles. The summed E-state index contributed by atoms with van der Waals surface area (Å²) in [6.45, 7) is 4.94. The normalized spacial score (nSPS) is 20.1. The Labute approximate surface area is 148 Å². The summed E-state index contributed by atoms with van der Waals surface area (Å²) in [6, 6.07) is 7.83. The second kappa shape index (κ2) is 6.92. The van der Waals surface area contributed by atoms with Crippen LogP contribution in [0, 0.1) is 5.41 Å². The molecule has 5 nitrogen and oxygen atoms in total. The first-order valence-electron chi connectivity index (χ1n) is 9.05. The first-order chi connectivity index (χ1) is 12.2. The zero-order chi connectivity index (χ0) is 17.1. The molecule has 0 N–H and O–H groups in total. The molecule has 2 aromatic rings. The van der Waals surface area contributed by atoms with Crippen LogP contribution in [-0.2, 0) is 6.54 Å². The molecule has 1 spiro atoms. The summed E-state index contributed by atoms with van der Waals surface area (Å²) in [5.41, 5.74) is 2.29. The molecular weight excluding hydrogens is 312 g/mol. The first-order valence-corrected chi connectivity index (χ1v) is 9.05. The Bertz CT molecular complexity index is 711. The van der Waals surface area contributed by atoms with Crippen LogP contribution in [0.4, 0.5) is 0 Å². The van der Waals surface area contributed by atoms with Crippen LogP contribution in [0.1, 0.15) is 35.2 Å². The minimum absolute atomic E-state index is 0.128. The zero-order valence-electron chi connectivity index (χ0n) is 14.5. The van der Waals surface area contributed by atoms with Crippen LogP contribution in [0.2, 0.25) is 0 Å². The fraction of sp³-hybridized carbons (Fsp3) is 0.450. The maximum absolute atomic E-state index is 12.6. The minimum Gasteiger partial charge on any atom is -0.338 e. The van der Waals surface area contributed by atoms with Gasteiger partial charge in [-0.3, -0.25) is 19.7 Å². The third-order valence-electron chi connectivity index (χ3n) is 5.68. The van der Waals surface area contributed by atoms with Gasteiger partial charge in [-0.2, -0.15) is 0 Å². The van der Waals surface area contributed by atoms with Crippen molar-refractivity contribution >= 4 is 5.91 Å². The van der Waals surface area contributed by atoms with E-state index in [-0.39, 0.29) is 5.91 Å². The largest absolute Gasteiger partial charge is 0.338 e. The fourth-order valence-corrected chi connectivity index (χ4v) is 4.12. The summed E-state index contributed by atoms with van der Waals surface area (Å²) in [6.07, 6.45) is 10.6. The number of hydrogen-bond donors (Lipinski definition) is 0. The maximum Gasteiger partial charge on any atom is 0.255 e. The van der Waals surface area contributed by atoms with Crippen molar-refractivity contribution in [2.75, 3.05) is 26.2 Å². The van der Waals surface area contributed by atoms with Gasteiger partial charge < -0.3 is 4.90 Å². The van der Waals surface area contributed by atoms with Gasteiger partial charge in [0.2, 0.25) is 0 Å². The predicted octanol–water partition coefficient (Wildman–Crippen LogP) is 2.60. The molecule has 0 aromatic carbocycles. The van der Waals surface area contributed by atoms with Crippen LogP contribution in [0.3, 0.4) is 0 Å². The molecule has 0 bridgehead atoms. The molecular formula is C20H24N4O. The monoisotopic (exact) mass is 336 g/mol. The van der Waals surface area contributed by atoms with Crippen molar-refractivity contribution < 1.29 is 4.79 Å². The van der Waals surface area contributed by atoms with Crippen LogP contribution in [-0.4, -0.2) is 51.9 Å². The van der Waals surface area contributed by atoms with E-state index in [1.807, 2.05) is 35.5 Å². The highest BCUT2D eigenvalue weighted by molar-refractivity contribution is 5.94. The van der Waals surface area contributed by atoms with E-state index in [1.165, 1.54) is 18.4 Å². The lowest BCUT2D eigenvalue weighted by atomic mass is 9.77. The number of hydrogen-bond acceptors (Lipinski definition) is 4. The lowest BCUT2D eigenvalue weighted by Gasteiger charge is -2.39. The van der Waals surface area contributed by atoms with Crippen LogP contribution in [0.25, 0.3) is 0 Å². The third kappa shape index (κ3) is 3.56. The van der Waals surface area contributed by atoms with Gasteiger partial charge in [-0.05, 0) is 61.5 Å². The van der Waals surface area contributed by atoms with Crippen molar-refractivity contribution in [3.63, 3.8) is 0 Å². The van der Waals surface area contributed by atoms with Crippen molar-refractivity contribution in [2.45, 2.75) is 25.8 Å². The number of nitrogens with zero attached hydrogens (tertiary/aromatic N) is 4. The van der Waals surface area contributed by atoms with Gasteiger partial charge in [0, 0.05) is 44.4 Å². The van der Waals surface area contributed by atoms with Gasteiger partial charge >= 0.3 is 0 Å². The van der Waals surface area contributed by atoms with Crippen LogP contribution >= 0.6 is 0 Å². The van der Waals surface area contributed by atoms with E-state index in [2.05, 4.69) is 20.9 Å². The summed E-state index contributed by atoms with van der Waals surface area (Å²) in [4.78, 5) is 25.5. The van der Waals surface area contributed by atoms with E-state index in [0.29, 0.717) is 11.0 Å². The van der Waals surface area contributed by atoms with Gasteiger partial charge in [0.25, 0.3) is 5.91 Å². The maximum atomic E-state index is 12.6. The Morgan fingerprint density at radius 2 is 1.72 bits per heavy atom. The number of amides is 1. The third-order valence-corrected chi connectivity index (χ3v) is 5.68. The number of piperidine rings is 1. The van der Waals surface area contributed by atoms with Gasteiger partial charge in [0.1, 0.15) is 0 Å². The summed E-state index contributed by atoms with van der Waals surface area (Å²) in [5, 5.41) is 0. The average molecular weight is 336 g/mol. The van der Waals surface area contributed by atoms with E-state index in [9.17, 15) is 4.79 Å². The van der Waals surface area contributed by atoms with Crippen LogP contribution < -0.4 is 0 Å². The lowest BCUT2D eigenvalue weighted by molar-refractivity contribution is 0.0713. The highest BCUT2D eigenvalue weighted by atomic mass is 16.2. The molecule has 5 heteroatoms. The Morgan fingerprint density at radius 1 is 1.00 bits per heavy atom. The smallest absolute Gasteiger partial charge is 0.255 e. The number of carbonyl (C=O) groups excluding carboxylic acids is 1. The van der Waals surface area contributed by atoms with Crippen molar-refractivity contribution in [1.29, 1.82) is 0 Å². The van der Waals surface area contributed by atoms with E-state index in [4.69, 9.17) is 0 Å². The van der Waals surface area contributed by atoms with Gasteiger partial charge in [0.15, 0.2) is 0 Å². The van der Waals surface area contributed by atoms with Gasteiger partial charge in [-0.15, -0.1) is 0 Å². The van der Waals surface area contributed by atoms with Crippen LogP contribution in [0.5, 0.6) is 0 Å². The van der Waals surface area contributed by atoms with E-state index < -0.39 is 0 Å². The first kappa shape index (κ1) is 16.2. The van der Waals surface area contributed by atoms with E-state index in [1.54, 1.807) is 12.4 Å². The van der Waals surface area contributed by atoms with Crippen molar-refractivity contribution in [3.8, 4) is 0 Å². The topological polar surface area (TPSA) is 49.3 Å². The second-order valence-electron chi connectivity index (χ2n) is 7.36. The van der Waals surface area contributed by atoms with Crippen LogP contribution in [0.15, 0.2) is 49.1 Å². The molecule has 1 amide bonds. The van der Waals surface area contributed by atoms with Gasteiger partial charge in [0.05, 0.1) is 5.56 Å². The summed E-state index contributed by atoms with van der Waals surface area (Å²) in [5.74, 6) is 0.128. The summed E-state index contributed by atoms with van der Waals surface area (Å²) < 4.78 is 0. The molecule has 4 heterocycles. The molecule has 2 saturated heterocycles. The summed E-state index contributed by atoms with van der Waals surface area (Å²) in [7, 11) is 0. The predicted molar refractivity (Wildman–Crippen MR) is 95.9 cm³/mol. The quantitative estimate of drug-likeness (QED) is 0.864. The molecule has 2 aliphatic heterocycles. The molecule has 0 atom stereocenters. The molecule has 2 aliphatic rings. The van der Waals surface area contributed by atoms with Crippen molar-refractivity contribution in [1.82, 2.24) is 19.8 Å². The average Bonchev–Trinajstić information content (AvgIpc) is 3.09. The highest BCUT2D eigenvalue weighted by Gasteiger charge is 2.42. The minimum atomic E-state index is 0.128. The molecule has 25 heavy (non-hydrogen) atoms. The Hall–Kier alpha value is -2.27. The fourth-order valence-electron chi connectivity index (χ4n) is 4.12. The SMILES string of the molecule is O=C(c1cccnc1)N1CCC2(CCN(Cc3cccnc3)CC2)C1. The Morgan fingerprint density at radius 3 is 2.40 bits per heavy atom. The second-order valence-corrected chi connectivity index (χ2v) is 7.36. The molecule has 4 rings (SSSR count). The zero-order valence-corrected chi connectivity index (χ0v) is 14.5. The number of pyridine rings is 2. The number of aromatic nitrogens is 2. The van der Waals surface area contributed by atoms with Gasteiger partial charge in [-0.25, -0.2) is 0 Å². The summed E-state index contributed by atoms with van der Waals surface area (Å²) >= 11 is 0. The van der Waals surface area contributed by atoms with Crippen molar-refractivity contribution in [2.24, 2.45) is 5.41 Å². The molecule has 0 radical (unpaired) electrons.